The van der Waals surface area contributed by atoms with Gasteiger partial charge in [0.05, 0.1) is 17.5 Å². The third kappa shape index (κ3) is 4.76. The summed E-state index contributed by atoms with van der Waals surface area (Å²) in [5, 5.41) is 0. The molecule has 1 atom stereocenters. The lowest BCUT2D eigenvalue weighted by Gasteiger charge is -2.25. The first-order valence-electron chi connectivity index (χ1n) is 5.28. The first kappa shape index (κ1) is 14.0. The number of rotatable bonds is 6. The van der Waals surface area contributed by atoms with E-state index in [0.717, 1.165) is 5.69 Å². The molecular weight excluding hydrogens is 240 g/mol. The molecule has 6 nitrogen and oxygen atoms in total. The third-order valence-corrected chi connectivity index (χ3v) is 3.44. The minimum absolute atomic E-state index is 0.0836. The summed E-state index contributed by atoms with van der Waals surface area (Å²) in [5.74, 6) is 0.116. The van der Waals surface area contributed by atoms with E-state index in [1.54, 1.807) is 12.3 Å². The van der Waals surface area contributed by atoms with Gasteiger partial charge < -0.3 is 5.73 Å². The average molecular weight is 258 g/mol. The first-order chi connectivity index (χ1) is 7.94. The van der Waals surface area contributed by atoms with Crippen LogP contribution in [0.15, 0.2) is 18.6 Å². The number of likely N-dealkylation sites (N-methyl/N-ethyl adjacent to an activating group) is 1. The van der Waals surface area contributed by atoms with Crippen LogP contribution in [0.3, 0.4) is 0 Å². The van der Waals surface area contributed by atoms with Crippen LogP contribution >= 0.6 is 0 Å². The summed E-state index contributed by atoms with van der Waals surface area (Å²) in [6.45, 7) is 0.821. The minimum atomic E-state index is -2.96. The van der Waals surface area contributed by atoms with E-state index in [1.165, 1.54) is 12.6 Å². The van der Waals surface area contributed by atoms with Crippen LogP contribution in [0.25, 0.3) is 0 Å². The third-order valence-electron chi connectivity index (χ3n) is 2.52. The van der Waals surface area contributed by atoms with Gasteiger partial charge in [-0.25, -0.2) is 18.4 Å². The molecule has 2 N–H and O–H groups in total. The second-order valence-corrected chi connectivity index (χ2v) is 6.26. The zero-order valence-electron chi connectivity index (χ0n) is 10.1. The molecule has 0 spiro atoms. The van der Waals surface area contributed by atoms with E-state index < -0.39 is 9.84 Å². The lowest BCUT2D eigenvalue weighted by atomic mass is 10.2. The van der Waals surface area contributed by atoms with Crippen LogP contribution in [0.1, 0.15) is 11.7 Å². The molecule has 0 aliphatic rings. The van der Waals surface area contributed by atoms with Crippen molar-refractivity contribution >= 4 is 9.84 Å². The Kier molecular flexibility index (Phi) is 4.98. The van der Waals surface area contributed by atoms with Crippen molar-refractivity contribution < 1.29 is 8.42 Å². The number of sulfone groups is 1. The topological polar surface area (TPSA) is 89.2 Å². The zero-order valence-corrected chi connectivity index (χ0v) is 10.9. The molecule has 0 radical (unpaired) electrons. The van der Waals surface area contributed by atoms with Crippen LogP contribution in [0, 0.1) is 0 Å². The van der Waals surface area contributed by atoms with E-state index >= 15 is 0 Å². The highest BCUT2D eigenvalue weighted by atomic mass is 32.2. The maximum atomic E-state index is 11.1. The molecule has 0 amide bonds. The molecule has 1 aromatic rings. The predicted molar refractivity (Wildman–Crippen MR) is 66.2 cm³/mol. The largest absolute Gasteiger partial charge is 0.329 e. The van der Waals surface area contributed by atoms with E-state index in [4.69, 9.17) is 5.73 Å². The molecule has 0 aromatic carbocycles. The summed E-state index contributed by atoms with van der Waals surface area (Å²) >= 11 is 0. The second-order valence-electron chi connectivity index (χ2n) is 4.00. The normalized spacial score (nSPS) is 13.9. The summed E-state index contributed by atoms with van der Waals surface area (Å²) in [6, 6.07) is 1.70. The molecule has 96 valence electrons. The van der Waals surface area contributed by atoms with E-state index in [-0.39, 0.29) is 11.8 Å². The number of nitrogens with two attached hydrogens (primary N) is 1. The second kappa shape index (κ2) is 6.04. The van der Waals surface area contributed by atoms with Gasteiger partial charge in [-0.1, -0.05) is 0 Å². The lowest BCUT2D eigenvalue weighted by molar-refractivity contribution is 0.259. The summed E-state index contributed by atoms with van der Waals surface area (Å²) < 4.78 is 22.2. The monoisotopic (exact) mass is 258 g/mol. The molecule has 1 rings (SSSR count). The Bertz CT molecular complexity index is 435. The molecule has 17 heavy (non-hydrogen) atoms. The highest BCUT2D eigenvalue weighted by Crippen LogP contribution is 2.14. The van der Waals surface area contributed by atoms with Gasteiger partial charge in [0.25, 0.3) is 0 Å². The quantitative estimate of drug-likeness (QED) is 0.736. The molecular formula is C10H18N4O2S. The lowest BCUT2D eigenvalue weighted by Crippen LogP contribution is -2.34. The summed E-state index contributed by atoms with van der Waals surface area (Å²) in [7, 11) is -1.12. The SMILES string of the molecule is CN(CCS(C)(=O)=O)C(CN)c1ccncn1. The van der Waals surface area contributed by atoms with E-state index in [2.05, 4.69) is 9.97 Å². The number of aromatic nitrogens is 2. The average Bonchev–Trinajstić information content (AvgIpc) is 2.28. The van der Waals surface area contributed by atoms with Crippen molar-refractivity contribution in [2.24, 2.45) is 5.73 Å². The Hall–Kier alpha value is -1.05. The number of nitrogens with zero attached hydrogens (tertiary/aromatic N) is 3. The van der Waals surface area contributed by atoms with Gasteiger partial charge in [0.2, 0.25) is 0 Å². The van der Waals surface area contributed by atoms with Crippen LogP contribution < -0.4 is 5.73 Å². The maximum absolute atomic E-state index is 11.1. The molecule has 0 fully saturated rings. The van der Waals surface area contributed by atoms with Gasteiger partial charge in [-0.05, 0) is 13.1 Å². The first-order valence-corrected chi connectivity index (χ1v) is 7.34. The zero-order chi connectivity index (χ0) is 12.9. The molecule has 0 saturated carbocycles. The minimum Gasteiger partial charge on any atom is -0.329 e. The van der Waals surface area contributed by atoms with Crippen LogP contribution in [-0.2, 0) is 9.84 Å². The van der Waals surface area contributed by atoms with E-state index in [0.29, 0.717) is 13.1 Å². The fourth-order valence-electron chi connectivity index (χ4n) is 1.49. The molecule has 1 heterocycles. The van der Waals surface area contributed by atoms with Gasteiger partial charge in [-0.15, -0.1) is 0 Å². The predicted octanol–water partition coefficient (Wildman–Crippen LogP) is -0.547. The van der Waals surface area contributed by atoms with Crippen molar-refractivity contribution in [3.63, 3.8) is 0 Å². The smallest absolute Gasteiger partial charge is 0.148 e. The van der Waals surface area contributed by atoms with Gasteiger partial charge in [0, 0.05) is 25.5 Å². The highest BCUT2D eigenvalue weighted by Gasteiger charge is 2.17. The molecule has 0 saturated heterocycles. The summed E-state index contributed by atoms with van der Waals surface area (Å²) in [5.41, 5.74) is 6.50. The standard InChI is InChI=1S/C10H18N4O2S/c1-14(5-6-17(2,15)16)10(7-11)9-3-4-12-8-13-9/h3-4,8,10H,5-7,11H2,1-2H3. The fraction of sp³-hybridized carbons (Fsp3) is 0.600. The van der Waals surface area contributed by atoms with Crippen molar-refractivity contribution in [1.82, 2.24) is 14.9 Å². The van der Waals surface area contributed by atoms with Crippen molar-refractivity contribution in [2.75, 3.05) is 32.1 Å². The number of hydrogen-bond donors (Lipinski definition) is 1. The fourth-order valence-corrected chi connectivity index (χ4v) is 2.11. The van der Waals surface area contributed by atoms with Crippen LogP contribution in [0.2, 0.25) is 0 Å². The van der Waals surface area contributed by atoms with Gasteiger partial charge in [0.15, 0.2) is 0 Å². The molecule has 1 unspecified atom stereocenters. The maximum Gasteiger partial charge on any atom is 0.148 e. The molecule has 0 aliphatic heterocycles. The molecule has 0 bridgehead atoms. The van der Waals surface area contributed by atoms with Crippen molar-refractivity contribution in [2.45, 2.75) is 6.04 Å². The van der Waals surface area contributed by atoms with E-state index in [1.807, 2.05) is 11.9 Å². The molecule has 7 heteroatoms. The van der Waals surface area contributed by atoms with E-state index in [9.17, 15) is 8.42 Å². The molecule has 0 aliphatic carbocycles. The highest BCUT2D eigenvalue weighted by molar-refractivity contribution is 7.90. The van der Waals surface area contributed by atoms with Crippen LogP contribution in [0.5, 0.6) is 0 Å². The van der Waals surface area contributed by atoms with Gasteiger partial charge in [-0.2, -0.15) is 0 Å². The Balaban J connectivity index is 2.68. The Morgan fingerprint density at radius 2 is 2.24 bits per heavy atom. The Morgan fingerprint density at radius 3 is 2.71 bits per heavy atom. The van der Waals surface area contributed by atoms with Crippen molar-refractivity contribution in [3.05, 3.63) is 24.3 Å². The van der Waals surface area contributed by atoms with Crippen molar-refractivity contribution in [1.29, 1.82) is 0 Å². The summed E-state index contributed by atoms with van der Waals surface area (Å²) in [6.07, 6.45) is 4.33. The Morgan fingerprint density at radius 1 is 1.53 bits per heavy atom. The van der Waals surface area contributed by atoms with Gasteiger partial charge in [-0.3, -0.25) is 4.90 Å². The van der Waals surface area contributed by atoms with Crippen LogP contribution in [-0.4, -0.2) is 55.4 Å². The summed E-state index contributed by atoms with van der Waals surface area (Å²) in [4.78, 5) is 9.87. The van der Waals surface area contributed by atoms with Gasteiger partial charge >= 0.3 is 0 Å². The number of hydrogen-bond acceptors (Lipinski definition) is 6. The van der Waals surface area contributed by atoms with Gasteiger partial charge in [0.1, 0.15) is 16.2 Å². The van der Waals surface area contributed by atoms with Crippen LogP contribution in [0.4, 0.5) is 0 Å². The van der Waals surface area contributed by atoms with Crippen molar-refractivity contribution in [3.8, 4) is 0 Å². The molecule has 1 aromatic heterocycles. The Labute approximate surface area is 102 Å².